The van der Waals surface area contributed by atoms with E-state index in [0.717, 1.165) is 47.9 Å². The van der Waals surface area contributed by atoms with Gasteiger partial charge in [-0.3, -0.25) is 0 Å². The van der Waals surface area contributed by atoms with Gasteiger partial charge in [0.1, 0.15) is 0 Å². The predicted octanol–water partition coefficient (Wildman–Crippen LogP) is 14.0. The summed E-state index contributed by atoms with van der Waals surface area (Å²) in [6, 6.07) is 54.1. The molecule has 20 rings (SSSR count). The van der Waals surface area contributed by atoms with E-state index < -0.39 is 0 Å². The minimum Gasteiger partial charge on any atom is -0.140 e. The zero-order chi connectivity index (χ0) is 37.0. The maximum atomic E-state index is 3.38. The first-order chi connectivity index (χ1) is 27.6. The van der Waals surface area contributed by atoms with Gasteiger partial charge in [-0.25, -0.2) is 0 Å². The fraction of sp³-hybridized carbons (Fsp3) is 0.0769. The summed E-state index contributed by atoms with van der Waals surface area (Å²) in [5, 5.41) is 5.34. The molecule has 0 saturated carbocycles. The third-order valence-corrected chi connectivity index (χ3v) is 14.9. The van der Waals surface area contributed by atoms with Crippen LogP contribution < -0.4 is 0 Å². The van der Waals surface area contributed by atoms with E-state index in [1.807, 2.05) is 45.3 Å². The zero-order valence-electron chi connectivity index (χ0n) is 30.3. The third kappa shape index (κ3) is 6.99. The molecule has 10 aliphatic rings. The molecule has 4 heteroatoms. The predicted molar refractivity (Wildman–Crippen MR) is 243 cm³/mol. The lowest BCUT2D eigenvalue weighted by atomic mass is 10.1. The van der Waals surface area contributed by atoms with E-state index in [9.17, 15) is 0 Å². The monoisotopic (exact) mass is 784 g/mol. The molecule has 6 aromatic carbocycles. The van der Waals surface area contributed by atoms with Crippen molar-refractivity contribution in [2.24, 2.45) is 0 Å². The van der Waals surface area contributed by atoms with Crippen molar-refractivity contribution < 1.29 is 0 Å². The number of rotatable bonds is 0. The van der Waals surface area contributed by atoms with Crippen LogP contribution in [0.15, 0.2) is 146 Å². The van der Waals surface area contributed by atoms with Crippen molar-refractivity contribution in [3.8, 4) is 23.7 Å². The van der Waals surface area contributed by atoms with Gasteiger partial charge in [0.05, 0.1) is 0 Å². The zero-order valence-corrected chi connectivity index (χ0v) is 33.6. The van der Waals surface area contributed by atoms with Crippen molar-refractivity contribution in [2.75, 3.05) is 0 Å². The molecule has 0 amide bonds. The summed E-state index contributed by atoms with van der Waals surface area (Å²) in [7, 11) is 0. The molecule has 0 radical (unpaired) electrons. The Morgan fingerprint density at radius 3 is 0.696 bits per heavy atom. The van der Waals surface area contributed by atoms with Gasteiger partial charge >= 0.3 is 0 Å². The van der Waals surface area contributed by atoms with Crippen molar-refractivity contribution in [1.29, 1.82) is 0 Å². The molecule has 14 heterocycles. The first kappa shape index (κ1) is 33.6. The number of hydrogen-bond donors (Lipinski definition) is 0. The molecular formula is C52H32S4. The Kier molecular flexibility index (Phi) is 8.46. The minimum absolute atomic E-state index is 0.930. The summed E-state index contributed by atoms with van der Waals surface area (Å²) >= 11 is 7.63. The Balaban J connectivity index is 0.900. The van der Waals surface area contributed by atoms with E-state index in [4.69, 9.17) is 0 Å². The van der Waals surface area contributed by atoms with Crippen molar-refractivity contribution in [3.63, 3.8) is 0 Å². The van der Waals surface area contributed by atoms with Crippen LogP contribution in [-0.2, 0) is 25.7 Å². The molecule has 0 atom stereocenters. The second-order valence-corrected chi connectivity index (χ2v) is 19.4. The molecule has 56 heavy (non-hydrogen) atoms. The average Bonchev–Trinajstić information content (AvgIpc) is 4.00. The third-order valence-electron chi connectivity index (χ3n) is 10.5. The van der Waals surface area contributed by atoms with Gasteiger partial charge in [0.2, 0.25) is 0 Å². The molecular weight excluding hydrogens is 753 g/mol. The van der Waals surface area contributed by atoms with Gasteiger partial charge in [0.25, 0.3) is 0 Å². The topological polar surface area (TPSA) is 0 Å². The molecule has 0 N–H and O–H groups in total. The fourth-order valence-electron chi connectivity index (χ4n) is 7.63. The Hall–Kier alpha value is -5.72. The van der Waals surface area contributed by atoms with Crippen LogP contribution in [-0.4, -0.2) is 0 Å². The van der Waals surface area contributed by atoms with Gasteiger partial charge in [0.15, 0.2) is 0 Å². The van der Waals surface area contributed by atoms with Gasteiger partial charge in [0, 0.05) is 86.2 Å². The molecule has 10 aromatic rings. The molecule has 0 saturated heterocycles. The molecule has 20 bridgehead atoms. The lowest BCUT2D eigenvalue weighted by Gasteiger charge is -2.00. The smallest absolute Gasteiger partial charge is 0.0352 e. The fourth-order valence-corrected chi connectivity index (χ4v) is 12.1. The molecule has 264 valence electrons. The SMILES string of the molecule is C1#Cc2ccc(cc2)Cc2cc3cc4sc(cc4cc3s2)Cc2ccc(cc2)C#Cc2ccc(cc2)Cc2cc3cc4sc(cc4cc3s2)Cc2ccc1cc2. The second-order valence-electron chi connectivity index (χ2n) is 14.7. The Bertz CT molecular complexity index is 2680. The molecule has 10 aliphatic heterocycles. The van der Waals surface area contributed by atoms with Crippen molar-refractivity contribution in [2.45, 2.75) is 25.7 Å². The summed E-state index contributed by atoms with van der Waals surface area (Å²) in [6.07, 6.45) is 3.72. The van der Waals surface area contributed by atoms with Crippen molar-refractivity contribution in [1.82, 2.24) is 0 Å². The number of thiophene rings is 4. The maximum absolute atomic E-state index is 3.38. The quantitative estimate of drug-likeness (QED) is 0.134. The minimum atomic E-state index is 0.930. The molecule has 0 unspecified atom stereocenters. The number of hydrogen-bond acceptors (Lipinski definition) is 4. The first-order valence-corrected chi connectivity index (χ1v) is 22.1. The Morgan fingerprint density at radius 1 is 0.268 bits per heavy atom. The van der Waals surface area contributed by atoms with Gasteiger partial charge in [-0.05, 0) is 141 Å². The molecule has 4 aromatic heterocycles. The summed E-state index contributed by atoms with van der Waals surface area (Å²) in [4.78, 5) is 5.56. The van der Waals surface area contributed by atoms with Crippen molar-refractivity contribution in [3.05, 3.63) is 210 Å². The summed E-state index contributed by atoms with van der Waals surface area (Å²) < 4.78 is 5.42. The molecule has 0 aliphatic carbocycles. The largest absolute Gasteiger partial charge is 0.140 e. The van der Waals surface area contributed by atoms with Crippen LogP contribution in [0.5, 0.6) is 0 Å². The highest BCUT2D eigenvalue weighted by molar-refractivity contribution is 7.21. The second kappa shape index (κ2) is 14.1. The van der Waals surface area contributed by atoms with Crippen LogP contribution in [0.1, 0.15) is 64.0 Å². The van der Waals surface area contributed by atoms with Gasteiger partial charge in [-0.15, -0.1) is 45.3 Å². The summed E-state index contributed by atoms with van der Waals surface area (Å²) in [5.41, 5.74) is 9.41. The lowest BCUT2D eigenvalue weighted by Crippen LogP contribution is -1.86. The van der Waals surface area contributed by atoms with Crippen LogP contribution in [0, 0.1) is 23.7 Å². The Morgan fingerprint density at radius 2 is 0.482 bits per heavy atom. The van der Waals surface area contributed by atoms with Crippen LogP contribution >= 0.6 is 45.3 Å². The van der Waals surface area contributed by atoms with Crippen LogP contribution in [0.2, 0.25) is 0 Å². The van der Waals surface area contributed by atoms with Crippen LogP contribution in [0.25, 0.3) is 40.3 Å². The first-order valence-electron chi connectivity index (χ1n) is 18.9. The standard InChI is InChI=1S/C52H32S4/c1-2-34-7-15-38(16-8-34)22-46-26-42-31-52-44(32-50(42)54-46)28-48(56-52)24-40-19-11-36(12-20-40)4-3-35-9-17-39(18-10-35)23-47-27-43-30-49-41(29-51(43)55-47)25-45(53-49)21-37-13-5-33(1)6-14-37/h5-20,25-32H,21-24H2. The van der Waals surface area contributed by atoms with E-state index >= 15 is 0 Å². The lowest BCUT2D eigenvalue weighted by molar-refractivity contribution is 1.24. The average molecular weight is 785 g/mol. The van der Waals surface area contributed by atoms with E-state index in [1.165, 1.54) is 82.1 Å². The van der Waals surface area contributed by atoms with Gasteiger partial charge in [-0.1, -0.05) is 72.2 Å². The Labute approximate surface area is 342 Å². The normalized spacial score (nSPS) is 12.7. The number of benzene rings is 6. The van der Waals surface area contributed by atoms with Gasteiger partial charge < -0.3 is 0 Å². The molecule has 0 fully saturated rings. The van der Waals surface area contributed by atoms with Gasteiger partial charge in [-0.2, -0.15) is 0 Å². The van der Waals surface area contributed by atoms with Crippen LogP contribution in [0.4, 0.5) is 0 Å². The van der Waals surface area contributed by atoms with Crippen molar-refractivity contribution >= 4 is 85.7 Å². The maximum Gasteiger partial charge on any atom is 0.0352 e. The van der Waals surface area contributed by atoms with Crippen LogP contribution in [0.3, 0.4) is 0 Å². The highest BCUT2D eigenvalue weighted by Crippen LogP contribution is 2.37. The summed E-state index contributed by atoms with van der Waals surface area (Å²) in [5.74, 6) is 13.5. The van der Waals surface area contributed by atoms with E-state index in [0.29, 0.717) is 0 Å². The van der Waals surface area contributed by atoms with E-state index in [1.54, 1.807) is 0 Å². The van der Waals surface area contributed by atoms with E-state index in [-0.39, 0.29) is 0 Å². The highest BCUT2D eigenvalue weighted by Gasteiger charge is 2.11. The van der Waals surface area contributed by atoms with E-state index in [2.05, 4.69) is 169 Å². The summed E-state index contributed by atoms with van der Waals surface area (Å²) in [6.45, 7) is 0. The molecule has 0 nitrogen and oxygen atoms in total. The highest BCUT2D eigenvalue weighted by atomic mass is 32.1. The molecule has 0 spiro atoms.